The third-order valence-electron chi connectivity index (χ3n) is 2.00. The summed E-state index contributed by atoms with van der Waals surface area (Å²) in [5.41, 5.74) is -0.742. The van der Waals surface area contributed by atoms with E-state index in [0.29, 0.717) is 0 Å². The number of ether oxygens (including phenoxy) is 2. The van der Waals surface area contributed by atoms with E-state index in [1.54, 1.807) is 20.8 Å². The van der Waals surface area contributed by atoms with Gasteiger partial charge in [0.1, 0.15) is 12.2 Å². The fourth-order valence-corrected chi connectivity index (χ4v) is 1.22. The fourth-order valence-electron chi connectivity index (χ4n) is 1.22. The second kappa shape index (κ2) is 6.88. The van der Waals surface area contributed by atoms with Crippen molar-refractivity contribution in [2.24, 2.45) is 0 Å². The van der Waals surface area contributed by atoms with Gasteiger partial charge in [-0.05, 0) is 20.8 Å². The molecule has 3 N–H and O–H groups in total. The molecule has 0 fully saturated rings. The number of aromatic amines is 1. The van der Waals surface area contributed by atoms with Gasteiger partial charge < -0.3 is 19.9 Å². The van der Waals surface area contributed by atoms with Crippen molar-refractivity contribution < 1.29 is 28.7 Å². The van der Waals surface area contributed by atoms with Crippen LogP contribution in [0.1, 0.15) is 26.6 Å². The molecule has 1 aromatic heterocycles. The van der Waals surface area contributed by atoms with Gasteiger partial charge in [-0.25, -0.2) is 14.4 Å². The van der Waals surface area contributed by atoms with Crippen LogP contribution >= 0.6 is 0 Å². The summed E-state index contributed by atoms with van der Waals surface area (Å²) in [6.45, 7) is 4.47. The monoisotopic (exact) mass is 303 g/mol. The summed E-state index contributed by atoms with van der Waals surface area (Å²) in [5, 5.41) is 14.5. The summed E-state index contributed by atoms with van der Waals surface area (Å²) in [7, 11) is 0. The molecule has 1 amide bonds. The van der Waals surface area contributed by atoms with Crippen molar-refractivity contribution in [2.45, 2.75) is 39.0 Å². The number of carboxylic acids is 1. The number of carboxylic acid groups (broad SMARTS) is 1. The van der Waals surface area contributed by atoms with Crippen LogP contribution in [0.25, 0.3) is 0 Å². The number of H-pyrrole nitrogens is 1. The third kappa shape index (κ3) is 6.56. The third-order valence-corrected chi connectivity index (χ3v) is 2.00. The van der Waals surface area contributed by atoms with Crippen molar-refractivity contribution in [3.05, 3.63) is 16.4 Å². The van der Waals surface area contributed by atoms with E-state index in [1.807, 2.05) is 0 Å². The minimum atomic E-state index is -1.29. The molecule has 0 aromatic carbocycles. The van der Waals surface area contributed by atoms with Crippen LogP contribution < -0.4 is 11.1 Å². The zero-order chi connectivity index (χ0) is 16.0. The summed E-state index contributed by atoms with van der Waals surface area (Å²) >= 11 is 0. The average molecular weight is 303 g/mol. The molecule has 0 bridgehead atoms. The highest BCUT2D eigenvalue weighted by Crippen LogP contribution is 2.07. The number of nitrogens with one attached hydrogen (secondary N) is 2. The van der Waals surface area contributed by atoms with Crippen LogP contribution in [0.15, 0.2) is 9.32 Å². The van der Waals surface area contributed by atoms with E-state index in [1.165, 1.54) is 0 Å². The molecule has 10 heteroatoms. The van der Waals surface area contributed by atoms with Crippen LogP contribution in [-0.4, -0.2) is 45.6 Å². The first-order valence-electron chi connectivity index (χ1n) is 6.02. The Morgan fingerprint density at radius 1 is 1.48 bits per heavy atom. The van der Waals surface area contributed by atoms with E-state index in [-0.39, 0.29) is 19.0 Å². The standard InChI is InChI=1S/C11H17N3O7/c1-11(2,3)20-9(17)12-6(8(15)16)4-19-5-7-13-10(18)21-14-7/h6H,4-5H2,1-3H3,(H,12,17)(H,15,16)(H,13,14,18)/t6-/m0/s1. The van der Waals surface area contributed by atoms with Crippen LogP contribution in [0.5, 0.6) is 0 Å². The molecule has 21 heavy (non-hydrogen) atoms. The van der Waals surface area contributed by atoms with Crippen LogP contribution in [0.3, 0.4) is 0 Å². The van der Waals surface area contributed by atoms with Crippen molar-refractivity contribution in [3.63, 3.8) is 0 Å². The van der Waals surface area contributed by atoms with Crippen LogP contribution in [-0.2, 0) is 20.9 Å². The molecule has 0 aliphatic carbocycles. The van der Waals surface area contributed by atoms with Gasteiger partial charge in [0.15, 0.2) is 11.9 Å². The Morgan fingerprint density at radius 2 is 2.14 bits per heavy atom. The normalized spacial score (nSPS) is 12.7. The molecule has 0 saturated heterocycles. The van der Waals surface area contributed by atoms with Gasteiger partial charge in [0.2, 0.25) is 0 Å². The summed E-state index contributed by atoms with van der Waals surface area (Å²) in [6, 6.07) is -1.29. The van der Waals surface area contributed by atoms with E-state index < -0.39 is 29.5 Å². The number of rotatable bonds is 6. The Kier molecular flexibility index (Phi) is 5.47. The van der Waals surface area contributed by atoms with Crippen molar-refractivity contribution in [3.8, 4) is 0 Å². The molecule has 0 unspecified atom stereocenters. The second-order valence-corrected chi connectivity index (χ2v) is 5.09. The predicted octanol–water partition coefficient (Wildman–Crippen LogP) is -0.143. The topological polar surface area (TPSA) is 144 Å². The molecule has 0 spiro atoms. The summed E-state index contributed by atoms with van der Waals surface area (Å²) in [6.07, 6.45) is -0.867. The van der Waals surface area contributed by atoms with E-state index in [2.05, 4.69) is 20.0 Å². The first-order chi connectivity index (χ1) is 9.67. The van der Waals surface area contributed by atoms with Crippen molar-refractivity contribution in [1.82, 2.24) is 15.5 Å². The molecule has 0 saturated carbocycles. The Labute approximate surface area is 119 Å². The maximum absolute atomic E-state index is 11.5. The van der Waals surface area contributed by atoms with Crippen molar-refractivity contribution in [1.29, 1.82) is 0 Å². The molecule has 1 rings (SSSR count). The lowest BCUT2D eigenvalue weighted by Gasteiger charge is -2.21. The first kappa shape index (κ1) is 16.7. The van der Waals surface area contributed by atoms with Gasteiger partial charge in [0.25, 0.3) is 0 Å². The molecular weight excluding hydrogens is 286 g/mol. The fraction of sp³-hybridized carbons (Fsp3) is 0.636. The lowest BCUT2D eigenvalue weighted by molar-refractivity contribution is -0.141. The number of carbonyl (C=O) groups is 2. The van der Waals surface area contributed by atoms with E-state index >= 15 is 0 Å². The average Bonchev–Trinajstić information content (AvgIpc) is 2.71. The lowest BCUT2D eigenvalue weighted by atomic mass is 10.2. The van der Waals surface area contributed by atoms with Crippen LogP contribution in [0.4, 0.5) is 4.79 Å². The molecule has 118 valence electrons. The highest BCUT2D eigenvalue weighted by atomic mass is 16.6. The molecule has 1 aromatic rings. The highest BCUT2D eigenvalue weighted by molar-refractivity contribution is 5.80. The molecule has 10 nitrogen and oxygen atoms in total. The van der Waals surface area contributed by atoms with Gasteiger partial charge in [-0.2, -0.15) is 0 Å². The largest absolute Gasteiger partial charge is 0.480 e. The van der Waals surface area contributed by atoms with Gasteiger partial charge in [-0.15, -0.1) is 0 Å². The zero-order valence-corrected chi connectivity index (χ0v) is 11.8. The van der Waals surface area contributed by atoms with Crippen LogP contribution in [0, 0.1) is 0 Å². The van der Waals surface area contributed by atoms with Crippen LogP contribution in [0.2, 0.25) is 0 Å². The summed E-state index contributed by atoms with van der Waals surface area (Å²) in [5.74, 6) is -1.91. The number of alkyl carbamates (subject to hydrolysis) is 1. The van der Waals surface area contributed by atoms with Gasteiger partial charge in [-0.3, -0.25) is 9.51 Å². The number of hydrogen-bond donors (Lipinski definition) is 3. The molecule has 0 aliphatic heterocycles. The number of hydrogen-bond acceptors (Lipinski definition) is 7. The highest BCUT2D eigenvalue weighted by Gasteiger charge is 2.24. The molecule has 1 atom stereocenters. The molecular formula is C11H17N3O7. The van der Waals surface area contributed by atoms with Crippen molar-refractivity contribution in [2.75, 3.05) is 6.61 Å². The zero-order valence-electron chi connectivity index (χ0n) is 11.8. The number of nitrogens with zero attached hydrogens (tertiary/aromatic N) is 1. The predicted molar refractivity (Wildman–Crippen MR) is 67.6 cm³/mol. The Balaban J connectivity index is 2.45. The smallest absolute Gasteiger partial charge is 0.438 e. The number of aromatic nitrogens is 2. The maximum atomic E-state index is 11.5. The van der Waals surface area contributed by atoms with E-state index in [9.17, 15) is 14.4 Å². The molecule has 1 heterocycles. The van der Waals surface area contributed by atoms with Crippen molar-refractivity contribution >= 4 is 12.1 Å². The van der Waals surface area contributed by atoms with Gasteiger partial charge in [0.05, 0.1) is 6.61 Å². The van der Waals surface area contributed by atoms with Gasteiger partial charge in [-0.1, -0.05) is 5.16 Å². The lowest BCUT2D eigenvalue weighted by Crippen LogP contribution is -2.46. The SMILES string of the molecule is CC(C)(C)OC(=O)N[C@@H](COCc1noc(=O)[nH]1)C(=O)O. The Bertz CT molecular complexity index is 543. The van der Waals surface area contributed by atoms with Gasteiger partial charge in [0, 0.05) is 0 Å². The quantitative estimate of drug-likeness (QED) is 0.658. The number of aliphatic carboxylic acids is 1. The van der Waals surface area contributed by atoms with E-state index in [4.69, 9.17) is 14.6 Å². The minimum Gasteiger partial charge on any atom is -0.480 e. The van der Waals surface area contributed by atoms with Gasteiger partial charge >= 0.3 is 17.8 Å². The number of carbonyl (C=O) groups excluding carboxylic acids is 1. The minimum absolute atomic E-state index is 0.112. The first-order valence-corrected chi connectivity index (χ1v) is 6.02. The Hall–Kier alpha value is -2.36. The summed E-state index contributed by atoms with van der Waals surface area (Å²) < 4.78 is 14.2. The summed E-state index contributed by atoms with van der Waals surface area (Å²) in [4.78, 5) is 35.4. The Morgan fingerprint density at radius 3 is 2.62 bits per heavy atom. The molecule has 0 radical (unpaired) electrons. The number of amides is 1. The maximum Gasteiger partial charge on any atom is 0.438 e. The van der Waals surface area contributed by atoms with E-state index in [0.717, 1.165) is 0 Å². The second-order valence-electron chi connectivity index (χ2n) is 5.09. The molecule has 0 aliphatic rings.